The van der Waals surface area contributed by atoms with Crippen LogP contribution in [0.4, 0.5) is 5.69 Å². The quantitative estimate of drug-likeness (QED) is 0.507. The Balaban J connectivity index is 1.60. The summed E-state index contributed by atoms with van der Waals surface area (Å²) in [4.78, 5) is 16.3. The average Bonchev–Trinajstić information content (AvgIpc) is 2.73. The summed E-state index contributed by atoms with van der Waals surface area (Å²) in [6, 6.07) is 14.2. The molecule has 3 aromatic rings. The minimum Gasteiger partial charge on any atom is -0.481 e. The first kappa shape index (κ1) is 22.9. The molecule has 0 unspecified atom stereocenters. The number of benzene rings is 2. The maximum absolute atomic E-state index is 12.5. The molecule has 0 aliphatic carbocycles. The van der Waals surface area contributed by atoms with Gasteiger partial charge in [-0.15, -0.1) is 0 Å². The lowest BCUT2D eigenvalue weighted by molar-refractivity contribution is -0.120. The van der Waals surface area contributed by atoms with E-state index in [4.69, 9.17) is 27.9 Å². The zero-order valence-electron chi connectivity index (χ0n) is 16.4. The van der Waals surface area contributed by atoms with Crippen molar-refractivity contribution in [2.75, 3.05) is 11.8 Å². The van der Waals surface area contributed by atoms with Crippen LogP contribution in [0.5, 0.6) is 5.88 Å². The molecule has 1 heterocycles. The number of ether oxygens (including phenoxy) is 1. The molecule has 2 N–H and O–H groups in total. The monoisotopic (exact) mass is 479 g/mol. The fourth-order valence-electron chi connectivity index (χ4n) is 2.77. The molecule has 0 aliphatic rings. The molecule has 0 saturated heterocycles. The van der Waals surface area contributed by atoms with Crippen LogP contribution in [0.25, 0.3) is 0 Å². The highest BCUT2D eigenvalue weighted by atomic mass is 35.5. The van der Waals surface area contributed by atoms with Crippen LogP contribution in [0.2, 0.25) is 10.0 Å². The number of hydrogen-bond acceptors (Lipinski definition) is 5. The van der Waals surface area contributed by atoms with E-state index in [0.29, 0.717) is 11.6 Å². The number of anilines is 1. The van der Waals surface area contributed by atoms with Gasteiger partial charge in [-0.1, -0.05) is 41.4 Å². The first-order valence-electron chi connectivity index (χ1n) is 9.09. The van der Waals surface area contributed by atoms with E-state index in [1.165, 1.54) is 25.3 Å². The summed E-state index contributed by atoms with van der Waals surface area (Å²) in [7, 11) is -2.34. The van der Waals surface area contributed by atoms with Crippen molar-refractivity contribution in [2.45, 2.75) is 17.9 Å². The zero-order valence-corrected chi connectivity index (χ0v) is 18.8. The third-order valence-corrected chi connectivity index (χ3v) is 6.03. The van der Waals surface area contributed by atoms with E-state index in [1.807, 2.05) is 6.07 Å². The summed E-state index contributed by atoms with van der Waals surface area (Å²) in [5.41, 5.74) is 1.84. The van der Waals surface area contributed by atoms with Gasteiger partial charge in [0.05, 0.1) is 18.4 Å². The minimum atomic E-state index is -3.86. The molecule has 3 rings (SSSR count). The molecule has 0 radical (unpaired) electrons. The normalized spacial score (nSPS) is 11.1. The van der Waals surface area contributed by atoms with Crippen LogP contribution in [0, 0.1) is 0 Å². The molecule has 0 spiro atoms. The molecule has 0 aliphatic heterocycles. The van der Waals surface area contributed by atoms with Crippen LogP contribution in [-0.2, 0) is 27.8 Å². The molecule has 7 nitrogen and oxygen atoms in total. The number of carbonyl (C=O) groups excluding carboxylic acids is 1. The molecule has 0 fully saturated rings. The lowest BCUT2D eigenvalue weighted by Crippen LogP contribution is -2.24. The predicted octanol–water partition coefficient (Wildman–Crippen LogP) is 4.06. The van der Waals surface area contributed by atoms with E-state index in [2.05, 4.69) is 15.0 Å². The number of carbonyl (C=O) groups is 1. The Morgan fingerprint density at radius 3 is 2.39 bits per heavy atom. The van der Waals surface area contributed by atoms with Crippen LogP contribution in [0.3, 0.4) is 0 Å². The van der Waals surface area contributed by atoms with Crippen molar-refractivity contribution in [3.8, 4) is 5.88 Å². The average molecular weight is 480 g/mol. The number of pyridine rings is 1. The third-order valence-electron chi connectivity index (χ3n) is 4.24. The van der Waals surface area contributed by atoms with Gasteiger partial charge in [0.15, 0.2) is 0 Å². The van der Waals surface area contributed by atoms with E-state index in [9.17, 15) is 13.2 Å². The number of halogens is 2. The number of hydrogen-bond donors (Lipinski definition) is 2. The molecule has 0 bridgehead atoms. The van der Waals surface area contributed by atoms with Crippen molar-refractivity contribution >= 4 is 44.8 Å². The first-order valence-corrected chi connectivity index (χ1v) is 11.3. The summed E-state index contributed by atoms with van der Waals surface area (Å²) in [5.74, 6) is 0.272. The van der Waals surface area contributed by atoms with Gasteiger partial charge in [-0.3, -0.25) is 9.52 Å². The lowest BCUT2D eigenvalue weighted by Gasteiger charge is -2.10. The summed E-state index contributed by atoms with van der Waals surface area (Å²) in [6.45, 7) is 0.288. The van der Waals surface area contributed by atoms with Gasteiger partial charge in [0, 0.05) is 34.0 Å². The molecular weight excluding hydrogens is 461 g/mol. The Morgan fingerprint density at radius 2 is 1.74 bits per heavy atom. The first-order chi connectivity index (χ1) is 14.8. The maximum atomic E-state index is 12.5. The summed E-state index contributed by atoms with van der Waals surface area (Å²) in [5, 5.41) is 3.25. The van der Waals surface area contributed by atoms with Crippen molar-refractivity contribution in [3.63, 3.8) is 0 Å². The van der Waals surface area contributed by atoms with Gasteiger partial charge in [-0.05, 0) is 42.0 Å². The van der Waals surface area contributed by atoms with Crippen molar-refractivity contribution < 1.29 is 17.9 Å². The van der Waals surface area contributed by atoms with Crippen LogP contribution in [0.1, 0.15) is 11.1 Å². The Morgan fingerprint density at radius 1 is 1.06 bits per heavy atom. The molecule has 10 heteroatoms. The summed E-state index contributed by atoms with van der Waals surface area (Å²) in [6.07, 6.45) is 1.75. The van der Waals surface area contributed by atoms with E-state index < -0.39 is 10.0 Å². The number of nitrogens with one attached hydrogen (secondary N) is 2. The second-order valence-electron chi connectivity index (χ2n) is 6.53. The van der Waals surface area contributed by atoms with Crippen molar-refractivity contribution in [1.82, 2.24) is 10.3 Å². The number of methoxy groups -OCH3 is 1. The number of aromatic nitrogens is 1. The summed E-state index contributed by atoms with van der Waals surface area (Å²) < 4.78 is 32.7. The SMILES string of the molecule is COc1ncccc1CNC(=O)Cc1ccc(NS(=O)(=O)c2cc(Cl)cc(Cl)c2)cc1. The minimum absolute atomic E-state index is 0.0423. The largest absolute Gasteiger partial charge is 0.481 e. The second-order valence-corrected chi connectivity index (χ2v) is 9.09. The highest BCUT2D eigenvalue weighted by molar-refractivity contribution is 7.92. The Labute approximate surface area is 190 Å². The van der Waals surface area contributed by atoms with Crippen LogP contribution in [-0.4, -0.2) is 26.4 Å². The van der Waals surface area contributed by atoms with E-state index in [0.717, 1.165) is 11.1 Å². The molecule has 0 saturated carbocycles. The molecule has 0 atom stereocenters. The smallest absolute Gasteiger partial charge is 0.261 e. The predicted molar refractivity (Wildman–Crippen MR) is 120 cm³/mol. The van der Waals surface area contributed by atoms with Crippen LogP contribution >= 0.6 is 23.2 Å². The molecule has 1 amide bonds. The fourth-order valence-corrected chi connectivity index (χ4v) is 4.56. The number of amides is 1. The molecule has 162 valence electrons. The fraction of sp³-hybridized carbons (Fsp3) is 0.143. The highest BCUT2D eigenvalue weighted by Crippen LogP contribution is 2.24. The molecule has 1 aromatic heterocycles. The lowest BCUT2D eigenvalue weighted by atomic mass is 10.1. The van der Waals surface area contributed by atoms with E-state index in [1.54, 1.807) is 36.5 Å². The van der Waals surface area contributed by atoms with Gasteiger partial charge in [-0.2, -0.15) is 0 Å². The van der Waals surface area contributed by atoms with Gasteiger partial charge < -0.3 is 10.1 Å². The topological polar surface area (TPSA) is 97.4 Å². The molecule has 2 aromatic carbocycles. The third kappa shape index (κ3) is 6.33. The van der Waals surface area contributed by atoms with Crippen LogP contribution in [0.15, 0.2) is 65.7 Å². The number of sulfonamides is 1. The van der Waals surface area contributed by atoms with Crippen molar-refractivity contribution in [1.29, 1.82) is 0 Å². The van der Waals surface area contributed by atoms with Gasteiger partial charge >= 0.3 is 0 Å². The van der Waals surface area contributed by atoms with Gasteiger partial charge in [0.25, 0.3) is 10.0 Å². The second kappa shape index (κ2) is 10.00. The number of nitrogens with zero attached hydrogens (tertiary/aromatic N) is 1. The van der Waals surface area contributed by atoms with Crippen LogP contribution < -0.4 is 14.8 Å². The maximum Gasteiger partial charge on any atom is 0.261 e. The number of rotatable bonds is 8. The van der Waals surface area contributed by atoms with E-state index in [-0.39, 0.29) is 33.8 Å². The van der Waals surface area contributed by atoms with Gasteiger partial charge in [0.1, 0.15) is 0 Å². The van der Waals surface area contributed by atoms with Gasteiger partial charge in [-0.25, -0.2) is 13.4 Å². The van der Waals surface area contributed by atoms with E-state index >= 15 is 0 Å². The van der Waals surface area contributed by atoms with Crippen molar-refractivity contribution in [3.05, 3.63) is 82.0 Å². The Hall–Kier alpha value is -2.81. The zero-order chi connectivity index (χ0) is 22.4. The molecule has 31 heavy (non-hydrogen) atoms. The molecular formula is C21H19Cl2N3O4S. The van der Waals surface area contributed by atoms with Crippen molar-refractivity contribution in [2.24, 2.45) is 0 Å². The Kier molecular flexibility index (Phi) is 7.37. The van der Waals surface area contributed by atoms with Gasteiger partial charge in [0.2, 0.25) is 11.8 Å². The highest BCUT2D eigenvalue weighted by Gasteiger charge is 2.16. The Bertz CT molecular complexity index is 1170. The standard InChI is InChI=1S/C21H19Cl2N3O4S/c1-30-21-15(3-2-8-24-21)13-25-20(27)9-14-4-6-18(7-5-14)26-31(28,29)19-11-16(22)10-17(23)12-19/h2-8,10-12,26H,9,13H2,1H3,(H,25,27). The summed E-state index contributed by atoms with van der Waals surface area (Å²) >= 11 is 11.8.